The maximum Gasteiger partial charge on any atom is 0.243 e. The van der Waals surface area contributed by atoms with Crippen LogP contribution in [0.25, 0.3) is 0 Å². The number of thioether (sulfide) groups is 1. The van der Waals surface area contributed by atoms with Gasteiger partial charge in [0, 0.05) is 18.0 Å². The Morgan fingerprint density at radius 3 is 2.14 bits per heavy atom. The van der Waals surface area contributed by atoms with Crippen molar-refractivity contribution < 1.29 is 13.2 Å². The lowest BCUT2D eigenvalue weighted by atomic mass is 10.1. The van der Waals surface area contributed by atoms with Gasteiger partial charge in [0.2, 0.25) is 15.9 Å². The van der Waals surface area contributed by atoms with Crippen LogP contribution < -0.4 is 5.32 Å². The summed E-state index contributed by atoms with van der Waals surface area (Å²) >= 11 is 1.49. The number of aryl methyl sites for hydroxylation is 1. The molecule has 0 aliphatic carbocycles. The molecule has 0 saturated heterocycles. The maximum absolute atomic E-state index is 12.5. The van der Waals surface area contributed by atoms with Crippen LogP contribution in [0.2, 0.25) is 0 Å². The zero-order valence-corrected chi connectivity index (χ0v) is 18.4. The van der Waals surface area contributed by atoms with E-state index >= 15 is 0 Å². The molecule has 0 aromatic heterocycles. The Kier molecular flexibility index (Phi) is 8.10. The molecule has 2 aromatic carbocycles. The number of amides is 1. The molecule has 1 unspecified atom stereocenters. The molecule has 0 radical (unpaired) electrons. The van der Waals surface area contributed by atoms with Crippen molar-refractivity contribution in [3.8, 4) is 0 Å². The fourth-order valence-corrected chi connectivity index (χ4v) is 4.96. The molecule has 28 heavy (non-hydrogen) atoms. The summed E-state index contributed by atoms with van der Waals surface area (Å²) in [5, 5.41) is 2.96. The molecular weight excluding hydrogens is 392 g/mol. The summed E-state index contributed by atoms with van der Waals surface area (Å²) in [4.78, 5) is 13.6. The van der Waals surface area contributed by atoms with E-state index in [9.17, 15) is 13.2 Å². The maximum atomic E-state index is 12.5. The molecule has 152 valence electrons. The number of rotatable bonds is 9. The van der Waals surface area contributed by atoms with Gasteiger partial charge < -0.3 is 5.32 Å². The summed E-state index contributed by atoms with van der Waals surface area (Å²) in [6.07, 6.45) is 0. The number of hydrogen-bond donors (Lipinski definition) is 1. The van der Waals surface area contributed by atoms with Gasteiger partial charge in [-0.25, -0.2) is 8.42 Å². The highest BCUT2D eigenvalue weighted by atomic mass is 32.2. The number of hydrogen-bond acceptors (Lipinski definition) is 4. The van der Waals surface area contributed by atoms with Gasteiger partial charge in [-0.3, -0.25) is 4.79 Å². The van der Waals surface area contributed by atoms with Crippen LogP contribution in [0.5, 0.6) is 0 Å². The molecule has 0 spiro atoms. The van der Waals surface area contributed by atoms with Crippen LogP contribution in [0.4, 0.5) is 0 Å². The van der Waals surface area contributed by atoms with Gasteiger partial charge in [-0.05, 0) is 43.7 Å². The molecule has 0 fully saturated rings. The van der Waals surface area contributed by atoms with E-state index in [2.05, 4.69) is 5.32 Å². The first-order valence-electron chi connectivity index (χ1n) is 9.36. The molecule has 0 heterocycles. The molecule has 1 N–H and O–H groups in total. The van der Waals surface area contributed by atoms with Crippen molar-refractivity contribution in [1.29, 1.82) is 0 Å². The minimum atomic E-state index is -3.47. The van der Waals surface area contributed by atoms with Crippen molar-refractivity contribution in [2.75, 3.05) is 18.8 Å². The van der Waals surface area contributed by atoms with Gasteiger partial charge in [-0.1, -0.05) is 43.7 Å². The van der Waals surface area contributed by atoms with Crippen LogP contribution in [0.1, 0.15) is 37.9 Å². The van der Waals surface area contributed by atoms with Gasteiger partial charge in [0.15, 0.2) is 0 Å². The number of carbonyl (C=O) groups is 1. The van der Waals surface area contributed by atoms with Crippen molar-refractivity contribution >= 4 is 27.7 Å². The monoisotopic (exact) mass is 420 g/mol. The second-order valence-corrected chi connectivity index (χ2v) is 9.54. The minimum Gasteiger partial charge on any atom is -0.349 e. The zero-order valence-electron chi connectivity index (χ0n) is 16.8. The molecule has 5 nitrogen and oxygen atoms in total. The lowest BCUT2D eigenvalue weighted by Crippen LogP contribution is -2.30. The third-order valence-corrected chi connectivity index (χ3v) is 7.57. The predicted octanol–water partition coefficient (Wildman–Crippen LogP) is 4.00. The van der Waals surface area contributed by atoms with Crippen LogP contribution in [0.15, 0.2) is 58.3 Å². The molecule has 0 bridgehead atoms. The van der Waals surface area contributed by atoms with E-state index in [0.29, 0.717) is 18.8 Å². The van der Waals surface area contributed by atoms with E-state index in [1.807, 2.05) is 52.0 Å². The third-order valence-electron chi connectivity index (χ3n) is 4.49. The lowest BCUT2D eigenvalue weighted by Gasteiger charge is -2.19. The quantitative estimate of drug-likeness (QED) is 0.623. The molecule has 7 heteroatoms. The Morgan fingerprint density at radius 1 is 1.04 bits per heavy atom. The predicted molar refractivity (Wildman–Crippen MR) is 115 cm³/mol. The first-order valence-corrected chi connectivity index (χ1v) is 11.8. The average molecular weight is 421 g/mol. The lowest BCUT2D eigenvalue weighted by molar-refractivity contribution is -0.119. The van der Waals surface area contributed by atoms with E-state index in [1.165, 1.54) is 21.6 Å². The highest BCUT2D eigenvalue weighted by Gasteiger charge is 2.21. The number of sulfonamides is 1. The molecule has 0 aliphatic rings. The number of nitrogens with one attached hydrogen (secondary N) is 1. The van der Waals surface area contributed by atoms with E-state index in [4.69, 9.17) is 0 Å². The Bertz CT molecular complexity index is 875. The molecule has 1 amide bonds. The van der Waals surface area contributed by atoms with E-state index < -0.39 is 10.0 Å². The largest absolute Gasteiger partial charge is 0.349 e. The van der Waals surface area contributed by atoms with Gasteiger partial charge >= 0.3 is 0 Å². The highest BCUT2D eigenvalue weighted by molar-refractivity contribution is 8.00. The van der Waals surface area contributed by atoms with Crippen LogP contribution in [0, 0.1) is 6.92 Å². The Labute approximate surface area is 172 Å². The minimum absolute atomic E-state index is 0.0575. The summed E-state index contributed by atoms with van der Waals surface area (Å²) in [6, 6.07) is 14.6. The van der Waals surface area contributed by atoms with Crippen LogP contribution >= 0.6 is 11.8 Å². The van der Waals surface area contributed by atoms with Crippen LogP contribution in [0.3, 0.4) is 0 Å². The fourth-order valence-electron chi connectivity index (χ4n) is 2.79. The zero-order chi connectivity index (χ0) is 20.7. The van der Waals surface area contributed by atoms with Crippen molar-refractivity contribution in [2.45, 2.75) is 43.5 Å². The first-order chi connectivity index (χ1) is 13.3. The summed E-state index contributed by atoms with van der Waals surface area (Å²) in [5.74, 6) is 0.278. The highest BCUT2D eigenvalue weighted by Crippen LogP contribution is 2.21. The van der Waals surface area contributed by atoms with Crippen LogP contribution in [-0.2, 0) is 14.8 Å². The van der Waals surface area contributed by atoms with Gasteiger partial charge in [0.1, 0.15) is 0 Å². The topological polar surface area (TPSA) is 66.5 Å². The number of nitrogens with zero attached hydrogens (tertiary/aromatic N) is 1. The molecule has 2 rings (SSSR count). The second-order valence-electron chi connectivity index (χ2n) is 6.55. The third kappa shape index (κ3) is 5.83. The fraction of sp³-hybridized carbons (Fsp3) is 0.381. The average Bonchev–Trinajstić information content (AvgIpc) is 2.68. The molecule has 2 aromatic rings. The normalized spacial score (nSPS) is 12.8. The Hall–Kier alpha value is -1.83. The summed E-state index contributed by atoms with van der Waals surface area (Å²) in [5.41, 5.74) is 2.06. The number of benzene rings is 2. The Balaban J connectivity index is 1.95. The standard InChI is InChI=1S/C21H28N2O3S2/c1-5-23(6-2)28(25,26)20-13-9-18(10-14-20)17(4)22-21(24)15-27-19-11-7-16(3)8-12-19/h7-14,17H,5-6,15H2,1-4H3,(H,22,24). The molecule has 0 aliphatic heterocycles. The van der Waals surface area contributed by atoms with E-state index in [1.54, 1.807) is 24.3 Å². The summed E-state index contributed by atoms with van der Waals surface area (Å²) in [7, 11) is -3.47. The SMILES string of the molecule is CCN(CC)S(=O)(=O)c1ccc(C(C)NC(=O)CSc2ccc(C)cc2)cc1. The van der Waals surface area contributed by atoms with Gasteiger partial charge in [-0.2, -0.15) is 4.31 Å². The van der Waals surface area contributed by atoms with Gasteiger partial charge in [0.25, 0.3) is 0 Å². The Morgan fingerprint density at radius 2 is 1.61 bits per heavy atom. The van der Waals surface area contributed by atoms with E-state index in [0.717, 1.165) is 10.5 Å². The van der Waals surface area contributed by atoms with Gasteiger partial charge in [0.05, 0.1) is 16.7 Å². The van der Waals surface area contributed by atoms with Crippen molar-refractivity contribution in [3.63, 3.8) is 0 Å². The molecule has 0 saturated carbocycles. The number of carbonyl (C=O) groups excluding carboxylic acids is 1. The first kappa shape index (κ1) is 22.5. The van der Waals surface area contributed by atoms with Crippen LogP contribution in [-0.4, -0.2) is 37.5 Å². The smallest absolute Gasteiger partial charge is 0.243 e. The van der Waals surface area contributed by atoms with E-state index in [-0.39, 0.29) is 16.8 Å². The van der Waals surface area contributed by atoms with Gasteiger partial charge in [-0.15, -0.1) is 11.8 Å². The van der Waals surface area contributed by atoms with Crippen molar-refractivity contribution in [3.05, 3.63) is 59.7 Å². The molecular formula is C21H28N2O3S2. The second kappa shape index (κ2) is 10.1. The van der Waals surface area contributed by atoms with Crippen molar-refractivity contribution in [1.82, 2.24) is 9.62 Å². The molecule has 1 atom stereocenters. The summed E-state index contributed by atoms with van der Waals surface area (Å²) < 4.78 is 26.5. The summed E-state index contributed by atoms with van der Waals surface area (Å²) in [6.45, 7) is 8.43. The van der Waals surface area contributed by atoms with Crippen molar-refractivity contribution in [2.24, 2.45) is 0 Å².